The molecule has 6 rings (SSSR count). The van der Waals surface area contributed by atoms with Gasteiger partial charge in [0, 0.05) is 67.9 Å². The molecule has 57 heavy (non-hydrogen) atoms. The van der Waals surface area contributed by atoms with E-state index in [-0.39, 0.29) is 55.2 Å². The molecule has 2 aromatic rings. The minimum Gasteiger partial charge on any atom is -0.473 e. The Balaban J connectivity index is 0.000000209. The molecular weight excluding hydrogens is 806 g/mol. The Bertz CT molecular complexity index is 1880. The third kappa shape index (κ3) is 14.8. The van der Waals surface area contributed by atoms with E-state index in [0.717, 1.165) is 56.2 Å². The monoisotopic (exact) mass is 860 g/mol. The summed E-state index contributed by atoms with van der Waals surface area (Å²) >= 11 is 3.13. The quantitative estimate of drug-likeness (QED) is 0.169. The Labute approximate surface area is 341 Å². The third-order valence-electron chi connectivity index (χ3n) is 9.20. The van der Waals surface area contributed by atoms with Crippen LogP contribution in [-0.2, 0) is 31.9 Å². The molecule has 2 saturated carbocycles. The number of hydrogen-bond acceptors (Lipinski definition) is 9. The highest BCUT2D eigenvalue weighted by molar-refractivity contribution is 9.09. The minimum absolute atomic E-state index is 0.00672. The summed E-state index contributed by atoms with van der Waals surface area (Å²) in [5.74, 6) is -0.210. The summed E-state index contributed by atoms with van der Waals surface area (Å²) in [5.41, 5.74) is 2.85. The van der Waals surface area contributed by atoms with E-state index in [1.807, 2.05) is 9.80 Å². The third-order valence-corrected chi connectivity index (χ3v) is 9.92. The first-order valence-electron chi connectivity index (χ1n) is 19.4. The van der Waals surface area contributed by atoms with Crippen LogP contribution in [0.3, 0.4) is 0 Å². The van der Waals surface area contributed by atoms with Gasteiger partial charge in [-0.1, -0.05) is 15.9 Å². The molecule has 1 N–H and O–H groups in total. The molecule has 0 spiro atoms. The van der Waals surface area contributed by atoms with E-state index >= 15 is 0 Å². The number of ether oxygens (including phenoxy) is 3. The molecule has 12 nitrogen and oxygen atoms in total. The van der Waals surface area contributed by atoms with Crippen LogP contribution in [0, 0.1) is 0 Å². The van der Waals surface area contributed by atoms with Crippen LogP contribution in [0.15, 0.2) is 53.1 Å². The van der Waals surface area contributed by atoms with E-state index in [1.54, 1.807) is 60.0 Å². The highest BCUT2D eigenvalue weighted by Crippen LogP contribution is 2.33. The zero-order chi connectivity index (χ0) is 41.9. The summed E-state index contributed by atoms with van der Waals surface area (Å²) in [6, 6.07) is 4.13. The van der Waals surface area contributed by atoms with Crippen LogP contribution in [0.4, 0.5) is 8.78 Å². The lowest BCUT2D eigenvalue weighted by molar-refractivity contribution is -0.155. The lowest BCUT2D eigenvalue weighted by atomic mass is 10.0. The van der Waals surface area contributed by atoms with Gasteiger partial charge in [0.2, 0.25) is 11.4 Å². The number of allylic oxidation sites excluding steroid dienone is 1. The van der Waals surface area contributed by atoms with Crippen LogP contribution in [0.25, 0.3) is 0 Å². The summed E-state index contributed by atoms with van der Waals surface area (Å²) in [6.07, 6.45) is 11.0. The maximum absolute atomic E-state index is 13.1. The van der Waals surface area contributed by atoms with Gasteiger partial charge >= 0.3 is 11.9 Å². The van der Waals surface area contributed by atoms with Gasteiger partial charge in [-0.2, -0.15) is 0 Å². The first kappa shape index (κ1) is 45.3. The fourth-order valence-corrected chi connectivity index (χ4v) is 6.53. The molecule has 312 valence electrons. The van der Waals surface area contributed by atoms with E-state index in [9.17, 15) is 32.8 Å². The molecule has 4 heterocycles. The van der Waals surface area contributed by atoms with Gasteiger partial charge in [0.15, 0.2) is 0 Å². The van der Waals surface area contributed by atoms with E-state index in [1.165, 1.54) is 6.07 Å². The van der Waals surface area contributed by atoms with Gasteiger partial charge in [0.05, 0.1) is 23.8 Å². The number of esters is 2. The van der Waals surface area contributed by atoms with Crippen LogP contribution < -0.4 is 10.3 Å². The van der Waals surface area contributed by atoms with Crippen LogP contribution in [0.1, 0.15) is 125 Å². The standard InChI is InChI=1S/C21H27FN2O4.C11H12N2O2.C10H16BrFO2/c1-21(2,3)28-19(25)7-4-14(11-22)13-27-18-10-15-8-9-24(16-5-6-16)20(26)17(15)12-23-18;14-10-5-7-3-4-13(8-1-2-8)11(15)9(7)6-12-10;1-10(2,3)14-9(13)5-4-8(6-11)7-12/h10-12,16H,4-9,13H2,1-3H3;5-6,8H,1-4H2,(H,12,14);7H,4-6H2,1-3H3/b14-11+;;8-7+. The number of amides is 2. The Morgan fingerprint density at radius 3 is 1.75 bits per heavy atom. The predicted octanol–water partition coefficient (Wildman–Crippen LogP) is 7.49. The molecule has 0 unspecified atom stereocenters. The second-order valence-electron chi connectivity index (χ2n) is 16.5. The van der Waals surface area contributed by atoms with E-state index < -0.39 is 11.2 Å². The number of aromatic nitrogens is 2. The first-order valence-corrected chi connectivity index (χ1v) is 20.5. The molecule has 2 aliphatic heterocycles. The van der Waals surface area contributed by atoms with Gasteiger partial charge < -0.3 is 29.0 Å². The SMILES string of the molecule is CC(C)(C)OC(=O)CC/C(=C\F)CBr.CC(C)(C)OC(=O)CC/C(=C\F)COc1cc2c(cn1)C(=O)N(C1CC1)CC2.O=C1c2c[nH]c(=O)cc2CCN1C1CC1. The largest absolute Gasteiger partial charge is 0.473 e. The summed E-state index contributed by atoms with van der Waals surface area (Å²) in [6.45, 7) is 12.3. The van der Waals surface area contributed by atoms with Crippen LogP contribution in [0.2, 0.25) is 0 Å². The molecular formula is C42H55BrF2N4O8. The number of carbonyl (C=O) groups excluding carboxylic acids is 4. The number of H-pyrrole nitrogens is 1. The van der Waals surface area contributed by atoms with Crippen molar-refractivity contribution in [1.29, 1.82) is 0 Å². The van der Waals surface area contributed by atoms with E-state index in [4.69, 9.17) is 14.2 Å². The summed E-state index contributed by atoms with van der Waals surface area (Å²) in [7, 11) is 0. The number of nitrogens with one attached hydrogen (secondary N) is 1. The first-order chi connectivity index (χ1) is 26.9. The normalized spacial score (nSPS) is 17.0. The Morgan fingerprint density at radius 2 is 1.28 bits per heavy atom. The van der Waals surface area contributed by atoms with Crippen LogP contribution >= 0.6 is 15.9 Å². The second-order valence-corrected chi connectivity index (χ2v) is 17.1. The van der Waals surface area contributed by atoms with Crippen molar-refractivity contribution in [2.24, 2.45) is 0 Å². The lowest BCUT2D eigenvalue weighted by Gasteiger charge is -2.28. The number of nitrogens with zero attached hydrogens (tertiary/aromatic N) is 3. The molecule has 2 aliphatic carbocycles. The van der Waals surface area contributed by atoms with Crippen molar-refractivity contribution >= 4 is 39.7 Å². The number of alkyl halides is 1. The van der Waals surface area contributed by atoms with Crippen molar-refractivity contribution in [3.05, 3.63) is 80.9 Å². The van der Waals surface area contributed by atoms with Crippen molar-refractivity contribution < 1.29 is 42.2 Å². The van der Waals surface area contributed by atoms with Gasteiger partial charge in [-0.15, -0.1) is 0 Å². The molecule has 4 aliphatic rings. The molecule has 2 aromatic heterocycles. The summed E-state index contributed by atoms with van der Waals surface area (Å²) < 4.78 is 41.1. The van der Waals surface area contributed by atoms with Crippen LogP contribution in [-0.4, -0.2) is 91.8 Å². The van der Waals surface area contributed by atoms with Gasteiger partial charge in [-0.25, -0.2) is 13.8 Å². The molecule has 2 amide bonds. The van der Waals surface area contributed by atoms with Crippen molar-refractivity contribution in [1.82, 2.24) is 19.8 Å². The minimum atomic E-state index is -0.563. The maximum Gasteiger partial charge on any atom is 0.306 e. The average Bonchev–Trinajstić information content (AvgIpc) is 4.07. The molecule has 0 bridgehead atoms. The zero-order valence-corrected chi connectivity index (χ0v) is 35.3. The average molecular weight is 862 g/mol. The maximum atomic E-state index is 13.1. The number of halogens is 3. The Kier molecular flexibility index (Phi) is 16.2. The molecule has 0 atom stereocenters. The van der Waals surface area contributed by atoms with Gasteiger partial charge in [-0.05, 0) is 115 Å². The smallest absolute Gasteiger partial charge is 0.306 e. The highest BCUT2D eigenvalue weighted by Gasteiger charge is 2.37. The van der Waals surface area contributed by atoms with Crippen LogP contribution in [0.5, 0.6) is 5.88 Å². The number of aromatic amines is 1. The topological polar surface area (TPSA) is 148 Å². The van der Waals surface area contributed by atoms with Crippen molar-refractivity contribution in [2.75, 3.05) is 25.0 Å². The van der Waals surface area contributed by atoms with Gasteiger partial charge in [-0.3, -0.25) is 24.0 Å². The van der Waals surface area contributed by atoms with E-state index in [0.29, 0.717) is 71.2 Å². The number of pyridine rings is 2. The van der Waals surface area contributed by atoms with Crippen molar-refractivity contribution in [3.8, 4) is 5.88 Å². The molecule has 0 aromatic carbocycles. The predicted molar refractivity (Wildman–Crippen MR) is 215 cm³/mol. The van der Waals surface area contributed by atoms with Crippen molar-refractivity contribution in [2.45, 2.75) is 129 Å². The van der Waals surface area contributed by atoms with Gasteiger partial charge in [0.25, 0.3) is 11.8 Å². The summed E-state index contributed by atoms with van der Waals surface area (Å²) in [4.78, 5) is 69.2. The molecule has 2 fully saturated rings. The number of hydrogen-bond donors (Lipinski definition) is 1. The second kappa shape index (κ2) is 20.3. The van der Waals surface area contributed by atoms with Gasteiger partial charge in [0.1, 0.15) is 17.8 Å². The number of rotatable bonds is 12. The van der Waals surface area contributed by atoms with E-state index in [2.05, 4.69) is 25.9 Å². The highest BCUT2D eigenvalue weighted by atomic mass is 79.9. The molecule has 0 saturated heterocycles. The number of fused-ring (bicyclic) bond motifs is 2. The fourth-order valence-electron chi connectivity index (χ4n) is 6.12. The Morgan fingerprint density at radius 1 is 0.789 bits per heavy atom. The molecule has 15 heteroatoms. The van der Waals surface area contributed by atoms with Crippen molar-refractivity contribution in [3.63, 3.8) is 0 Å². The Hall–Kier alpha value is -4.40. The fraction of sp³-hybridized carbons (Fsp3) is 0.571. The summed E-state index contributed by atoms with van der Waals surface area (Å²) in [5, 5.41) is 0.451. The zero-order valence-electron chi connectivity index (χ0n) is 33.8. The molecule has 0 radical (unpaired) electrons. The number of carbonyl (C=O) groups is 4. The lowest BCUT2D eigenvalue weighted by Crippen LogP contribution is -2.39.